The summed E-state index contributed by atoms with van der Waals surface area (Å²) in [6.45, 7) is 4.07. The Kier molecular flexibility index (Phi) is 3.84. The van der Waals surface area contributed by atoms with Crippen molar-refractivity contribution >= 4 is 23.0 Å². The first-order valence-electron chi connectivity index (χ1n) is 9.93. The van der Waals surface area contributed by atoms with Crippen molar-refractivity contribution in [2.45, 2.75) is 32.6 Å². The Morgan fingerprint density at radius 2 is 1.63 bits per heavy atom. The highest BCUT2D eigenvalue weighted by molar-refractivity contribution is 6.23. The smallest absolute Gasteiger partial charge is 0.273 e. The molecule has 0 saturated carbocycles. The topological polar surface area (TPSA) is 89.3 Å². The van der Waals surface area contributed by atoms with E-state index in [1.54, 1.807) is 30.3 Å². The highest BCUT2D eigenvalue weighted by Gasteiger charge is 2.47. The van der Waals surface area contributed by atoms with Gasteiger partial charge in [-0.05, 0) is 11.8 Å². The van der Waals surface area contributed by atoms with Gasteiger partial charge in [-0.15, -0.1) is 0 Å². The second kappa shape index (κ2) is 6.23. The molecule has 2 aromatic carbocycles. The molecule has 5 rings (SSSR count). The van der Waals surface area contributed by atoms with Crippen molar-refractivity contribution in [2.75, 3.05) is 0 Å². The molecule has 1 unspecified atom stereocenters. The average molecular weight is 400 g/mol. The van der Waals surface area contributed by atoms with E-state index >= 15 is 0 Å². The maximum atomic E-state index is 13.4. The predicted molar refractivity (Wildman–Crippen MR) is 112 cm³/mol. The van der Waals surface area contributed by atoms with Gasteiger partial charge >= 0.3 is 0 Å². The molecule has 150 valence electrons. The summed E-state index contributed by atoms with van der Waals surface area (Å²) in [5, 5.41) is 15.2. The minimum atomic E-state index is -0.749. The van der Waals surface area contributed by atoms with Gasteiger partial charge in [-0.1, -0.05) is 56.3 Å². The third kappa shape index (κ3) is 2.56. The van der Waals surface area contributed by atoms with Crippen LogP contribution in [0.25, 0.3) is 5.70 Å². The fourth-order valence-electron chi connectivity index (χ4n) is 5.00. The summed E-state index contributed by atoms with van der Waals surface area (Å²) in [5.74, 6) is -0.992. The van der Waals surface area contributed by atoms with Gasteiger partial charge in [-0.2, -0.15) is 0 Å². The fourth-order valence-corrected chi connectivity index (χ4v) is 5.00. The molecule has 6 nitrogen and oxygen atoms in total. The van der Waals surface area contributed by atoms with Crippen LogP contribution in [0.5, 0.6) is 0 Å². The quantitative estimate of drug-likeness (QED) is 0.591. The summed E-state index contributed by atoms with van der Waals surface area (Å²) < 4.78 is 0. The van der Waals surface area contributed by atoms with E-state index in [1.165, 1.54) is 6.07 Å². The predicted octanol–water partition coefficient (Wildman–Crippen LogP) is 4.53. The van der Waals surface area contributed by atoms with E-state index in [4.69, 9.17) is 0 Å². The monoisotopic (exact) mass is 400 g/mol. The third-order valence-electron chi connectivity index (χ3n) is 6.17. The molecule has 1 atom stereocenters. The largest absolute Gasteiger partial charge is 0.358 e. The number of Topliss-reactive ketones (excluding diaryl/α,β-unsaturated/α-hetero) is 2. The van der Waals surface area contributed by atoms with Gasteiger partial charge in [-0.25, -0.2) is 0 Å². The summed E-state index contributed by atoms with van der Waals surface area (Å²) in [7, 11) is 0. The number of para-hydroxylation sites is 1. The number of rotatable bonds is 2. The first kappa shape index (κ1) is 18.5. The molecule has 0 spiro atoms. The molecule has 30 heavy (non-hydrogen) atoms. The molecular weight excluding hydrogens is 380 g/mol. The lowest BCUT2D eigenvalue weighted by atomic mass is 9.68. The van der Waals surface area contributed by atoms with E-state index in [2.05, 4.69) is 5.32 Å². The molecule has 0 radical (unpaired) electrons. The van der Waals surface area contributed by atoms with Crippen molar-refractivity contribution in [1.82, 2.24) is 5.32 Å². The molecule has 0 saturated heterocycles. The fraction of sp³-hybridized carbons (Fsp3) is 0.250. The summed E-state index contributed by atoms with van der Waals surface area (Å²) in [6, 6.07) is 13.7. The van der Waals surface area contributed by atoms with Crippen molar-refractivity contribution in [3.05, 3.63) is 92.2 Å². The van der Waals surface area contributed by atoms with Crippen molar-refractivity contribution < 1.29 is 14.5 Å². The number of carbonyl (C=O) groups is 2. The number of nitrogens with one attached hydrogen (secondary N) is 1. The van der Waals surface area contributed by atoms with Crippen LogP contribution in [0.1, 0.15) is 54.1 Å². The summed E-state index contributed by atoms with van der Waals surface area (Å²) in [4.78, 5) is 38.0. The molecule has 1 heterocycles. The molecule has 0 amide bonds. The first-order chi connectivity index (χ1) is 14.3. The van der Waals surface area contributed by atoms with Crippen LogP contribution < -0.4 is 5.32 Å². The van der Waals surface area contributed by atoms with E-state index in [-0.39, 0.29) is 22.7 Å². The lowest BCUT2D eigenvalue weighted by Crippen LogP contribution is -2.37. The summed E-state index contributed by atoms with van der Waals surface area (Å²) >= 11 is 0. The first-order valence-corrected chi connectivity index (χ1v) is 9.93. The van der Waals surface area contributed by atoms with Crippen molar-refractivity contribution in [3.8, 4) is 0 Å². The number of hydrogen-bond acceptors (Lipinski definition) is 5. The Morgan fingerprint density at radius 3 is 2.37 bits per heavy atom. The standard InChI is InChI=1S/C24H20N2O4/c1-24(2)11-16-20(18(27)12-24)19(15-9-5-6-10-17(15)26(29)30)21-22(25-16)13-7-3-4-8-14(13)23(21)28/h3-10,19,25H,11-12H2,1-2H3. The van der Waals surface area contributed by atoms with Crippen LogP contribution in [0.3, 0.4) is 0 Å². The van der Waals surface area contributed by atoms with Crippen LogP contribution in [0.2, 0.25) is 0 Å². The second-order valence-electron chi connectivity index (χ2n) is 8.87. The van der Waals surface area contributed by atoms with Crippen LogP contribution >= 0.6 is 0 Å². The van der Waals surface area contributed by atoms with Gasteiger partial charge in [0.15, 0.2) is 11.6 Å². The van der Waals surface area contributed by atoms with Crippen LogP contribution in [0.15, 0.2) is 65.4 Å². The van der Waals surface area contributed by atoms with Gasteiger partial charge in [0.25, 0.3) is 5.69 Å². The minimum absolute atomic E-state index is 0.0628. The van der Waals surface area contributed by atoms with Crippen molar-refractivity contribution in [1.29, 1.82) is 0 Å². The molecule has 1 N–H and O–H groups in total. The second-order valence-corrected chi connectivity index (χ2v) is 8.87. The van der Waals surface area contributed by atoms with E-state index in [0.29, 0.717) is 40.8 Å². The Morgan fingerprint density at radius 1 is 0.967 bits per heavy atom. The number of benzene rings is 2. The van der Waals surface area contributed by atoms with Crippen molar-refractivity contribution in [3.63, 3.8) is 0 Å². The number of dihydropyridines is 1. The minimum Gasteiger partial charge on any atom is -0.358 e. The number of ketones is 2. The molecule has 2 aliphatic carbocycles. The normalized spacial score (nSPS) is 21.7. The van der Waals surface area contributed by atoms with Gasteiger partial charge in [0.2, 0.25) is 0 Å². The lowest BCUT2D eigenvalue weighted by Gasteiger charge is -2.38. The number of fused-ring (bicyclic) bond motifs is 2. The molecule has 3 aliphatic rings. The molecular formula is C24H20N2O4. The zero-order chi connectivity index (χ0) is 21.2. The van der Waals surface area contributed by atoms with E-state index in [1.807, 2.05) is 26.0 Å². The van der Waals surface area contributed by atoms with E-state index in [0.717, 1.165) is 11.3 Å². The number of hydrogen-bond donors (Lipinski definition) is 1. The highest BCUT2D eigenvalue weighted by atomic mass is 16.6. The molecule has 1 aliphatic heterocycles. The van der Waals surface area contributed by atoms with Gasteiger partial charge in [0.05, 0.1) is 16.5 Å². The summed E-state index contributed by atoms with van der Waals surface area (Å²) in [5.41, 5.74) is 3.78. The van der Waals surface area contributed by atoms with Crippen molar-refractivity contribution in [2.24, 2.45) is 5.41 Å². The molecule has 2 aromatic rings. The Bertz CT molecular complexity index is 1220. The zero-order valence-corrected chi connectivity index (χ0v) is 16.7. The third-order valence-corrected chi connectivity index (χ3v) is 6.17. The molecule has 0 bridgehead atoms. The van der Waals surface area contributed by atoms with Gasteiger partial charge in [-0.3, -0.25) is 19.7 Å². The zero-order valence-electron chi connectivity index (χ0n) is 16.7. The number of carbonyl (C=O) groups excluding carboxylic acids is 2. The maximum absolute atomic E-state index is 13.4. The Balaban J connectivity index is 1.80. The number of nitrogens with zero attached hydrogens (tertiary/aromatic N) is 1. The van der Waals surface area contributed by atoms with Crippen LogP contribution in [-0.4, -0.2) is 16.5 Å². The SMILES string of the molecule is CC1(C)CC(=O)C2=C(C1)NC1=C(C(=O)c3ccccc31)C2c1ccccc1[N+](=O)[O-]. The number of nitro benzene ring substituents is 1. The van der Waals surface area contributed by atoms with Gasteiger partial charge in [0, 0.05) is 46.0 Å². The van der Waals surface area contributed by atoms with Crippen LogP contribution in [0.4, 0.5) is 5.69 Å². The molecule has 0 aromatic heterocycles. The molecule has 0 fully saturated rings. The van der Waals surface area contributed by atoms with Crippen LogP contribution in [-0.2, 0) is 4.79 Å². The molecule has 6 heteroatoms. The Labute approximate surface area is 173 Å². The lowest BCUT2D eigenvalue weighted by molar-refractivity contribution is -0.385. The van der Waals surface area contributed by atoms with Crippen LogP contribution in [0, 0.1) is 15.5 Å². The number of nitro groups is 1. The van der Waals surface area contributed by atoms with Gasteiger partial charge < -0.3 is 5.32 Å². The van der Waals surface area contributed by atoms with Gasteiger partial charge in [0.1, 0.15) is 0 Å². The Hall–Kier alpha value is -3.54. The summed E-state index contributed by atoms with van der Waals surface area (Å²) in [6.07, 6.45) is 0.979. The van der Waals surface area contributed by atoms with E-state index in [9.17, 15) is 19.7 Å². The van der Waals surface area contributed by atoms with E-state index < -0.39 is 10.8 Å². The number of allylic oxidation sites excluding steroid dienone is 3. The highest BCUT2D eigenvalue weighted by Crippen LogP contribution is 2.52. The maximum Gasteiger partial charge on any atom is 0.273 e. The average Bonchev–Trinajstić information content (AvgIpc) is 2.98.